The zero-order valence-corrected chi connectivity index (χ0v) is 6.29. The van der Waals surface area contributed by atoms with E-state index in [1.54, 1.807) is 0 Å². The molecule has 0 spiro atoms. The topological polar surface area (TPSA) is 49.7 Å². The number of aliphatic hydroxyl groups excluding tert-OH is 2. The van der Waals surface area contributed by atoms with E-state index in [1.165, 1.54) is 0 Å². The van der Waals surface area contributed by atoms with Crippen LogP contribution >= 0.6 is 0 Å². The normalized spacial score (nSPS) is 16.8. The van der Waals surface area contributed by atoms with E-state index in [9.17, 15) is 0 Å². The largest absolute Gasteiger partial charge is 0.388 e. The van der Waals surface area contributed by atoms with Crippen molar-refractivity contribution in [3.63, 3.8) is 0 Å². The maximum atomic E-state index is 8.82. The highest BCUT2D eigenvalue weighted by atomic mass is 16.6. The van der Waals surface area contributed by atoms with Crippen LogP contribution in [-0.2, 0) is 4.74 Å². The van der Waals surface area contributed by atoms with E-state index in [1.807, 2.05) is 6.92 Å². The molecular formula is C7H15O3. The van der Waals surface area contributed by atoms with Gasteiger partial charge in [-0.25, -0.2) is 0 Å². The fourth-order valence-electron chi connectivity index (χ4n) is 0.459. The fraction of sp³-hybridized carbons (Fsp3) is 0.857. The number of unbranched alkanes of at least 4 members (excludes halogenated alkanes) is 1. The van der Waals surface area contributed by atoms with E-state index in [-0.39, 0.29) is 0 Å². The van der Waals surface area contributed by atoms with Crippen molar-refractivity contribution < 1.29 is 14.9 Å². The van der Waals surface area contributed by atoms with Crippen LogP contribution < -0.4 is 0 Å². The molecule has 0 fully saturated rings. The highest BCUT2D eigenvalue weighted by molar-refractivity contribution is 4.58. The van der Waals surface area contributed by atoms with Gasteiger partial charge >= 0.3 is 0 Å². The Hall–Kier alpha value is -0.120. The molecule has 0 heterocycles. The Morgan fingerprint density at radius 2 is 2.10 bits per heavy atom. The van der Waals surface area contributed by atoms with Gasteiger partial charge in [0.15, 0.2) is 6.29 Å². The zero-order chi connectivity index (χ0) is 7.98. The molecule has 0 aliphatic carbocycles. The first kappa shape index (κ1) is 9.88. The van der Waals surface area contributed by atoms with Crippen molar-refractivity contribution in [2.75, 3.05) is 6.61 Å². The number of rotatable bonds is 5. The fourth-order valence-corrected chi connectivity index (χ4v) is 0.459. The number of ether oxygens (including phenoxy) is 1. The predicted octanol–water partition coefficient (Wildman–Crippen LogP) is 0.316. The molecule has 1 radical (unpaired) electrons. The summed E-state index contributed by atoms with van der Waals surface area (Å²) >= 11 is 0. The van der Waals surface area contributed by atoms with Crippen LogP contribution in [0.1, 0.15) is 19.8 Å². The Morgan fingerprint density at radius 1 is 1.50 bits per heavy atom. The Morgan fingerprint density at radius 3 is 2.50 bits per heavy atom. The first-order valence-electron chi connectivity index (χ1n) is 3.49. The molecule has 0 amide bonds. The Kier molecular flexibility index (Phi) is 5.58. The van der Waals surface area contributed by atoms with Crippen molar-refractivity contribution in [3.8, 4) is 0 Å². The van der Waals surface area contributed by atoms with Crippen molar-refractivity contribution in [1.82, 2.24) is 0 Å². The third-order valence-corrected chi connectivity index (χ3v) is 1.12. The molecule has 0 aromatic rings. The van der Waals surface area contributed by atoms with Crippen LogP contribution in [0, 0.1) is 6.92 Å². The molecule has 2 N–H and O–H groups in total. The van der Waals surface area contributed by atoms with Crippen molar-refractivity contribution in [2.24, 2.45) is 0 Å². The van der Waals surface area contributed by atoms with E-state index in [0.29, 0.717) is 6.61 Å². The minimum absolute atomic E-state index is 0.476. The van der Waals surface area contributed by atoms with Crippen LogP contribution in [0.2, 0.25) is 0 Å². The van der Waals surface area contributed by atoms with Crippen LogP contribution in [0.15, 0.2) is 0 Å². The molecule has 0 aromatic heterocycles. The monoisotopic (exact) mass is 147 g/mol. The second-order valence-electron chi connectivity index (χ2n) is 2.18. The van der Waals surface area contributed by atoms with Gasteiger partial charge in [0, 0.05) is 6.61 Å². The molecule has 0 aromatic carbocycles. The van der Waals surface area contributed by atoms with Gasteiger partial charge in [0.05, 0.1) is 0 Å². The van der Waals surface area contributed by atoms with Gasteiger partial charge in [-0.2, -0.15) is 0 Å². The summed E-state index contributed by atoms with van der Waals surface area (Å²) in [5.74, 6) is 0. The van der Waals surface area contributed by atoms with Crippen molar-refractivity contribution in [3.05, 3.63) is 6.92 Å². The molecule has 2 unspecified atom stereocenters. The predicted molar refractivity (Wildman–Crippen MR) is 38.2 cm³/mol. The van der Waals surface area contributed by atoms with E-state index in [0.717, 1.165) is 12.8 Å². The lowest BCUT2D eigenvalue weighted by atomic mass is 10.3. The molecule has 3 nitrogen and oxygen atoms in total. The van der Waals surface area contributed by atoms with Crippen LogP contribution in [-0.4, -0.2) is 29.2 Å². The molecule has 10 heavy (non-hydrogen) atoms. The zero-order valence-electron chi connectivity index (χ0n) is 6.29. The average Bonchev–Trinajstić information content (AvgIpc) is 1.88. The highest BCUT2D eigenvalue weighted by Crippen LogP contribution is 1.96. The SMILES string of the molecule is [CH2]C(O)C(O)OCCCC. The third kappa shape index (κ3) is 4.73. The summed E-state index contributed by atoms with van der Waals surface area (Å²) in [5, 5.41) is 17.5. The standard InChI is InChI=1S/C7H15O3/c1-3-4-5-10-7(9)6(2)8/h6-9H,2-5H2,1H3. The number of aliphatic hydroxyl groups is 2. The number of hydrogen-bond acceptors (Lipinski definition) is 3. The van der Waals surface area contributed by atoms with Crippen LogP contribution in [0.4, 0.5) is 0 Å². The number of hydrogen-bond donors (Lipinski definition) is 2. The molecule has 0 saturated heterocycles. The molecular weight excluding hydrogens is 132 g/mol. The van der Waals surface area contributed by atoms with Gasteiger partial charge < -0.3 is 14.9 Å². The van der Waals surface area contributed by atoms with Crippen LogP contribution in [0.5, 0.6) is 0 Å². The van der Waals surface area contributed by atoms with Crippen molar-refractivity contribution in [1.29, 1.82) is 0 Å². The van der Waals surface area contributed by atoms with Gasteiger partial charge in [-0.3, -0.25) is 0 Å². The Labute approximate surface area is 61.6 Å². The summed E-state index contributed by atoms with van der Waals surface area (Å²) < 4.78 is 4.79. The Balaban J connectivity index is 3.13. The first-order valence-corrected chi connectivity index (χ1v) is 3.49. The van der Waals surface area contributed by atoms with Crippen molar-refractivity contribution >= 4 is 0 Å². The summed E-state index contributed by atoms with van der Waals surface area (Å²) in [5.41, 5.74) is 0. The van der Waals surface area contributed by atoms with E-state index in [4.69, 9.17) is 14.9 Å². The summed E-state index contributed by atoms with van der Waals surface area (Å²) in [6.07, 6.45) is -0.271. The molecule has 61 valence electrons. The van der Waals surface area contributed by atoms with E-state index in [2.05, 4.69) is 6.92 Å². The second-order valence-corrected chi connectivity index (χ2v) is 2.18. The quantitative estimate of drug-likeness (QED) is 0.435. The molecule has 0 rings (SSSR count). The minimum Gasteiger partial charge on any atom is -0.388 e. The lowest BCUT2D eigenvalue weighted by molar-refractivity contribution is -0.148. The summed E-state index contributed by atoms with van der Waals surface area (Å²) in [6.45, 7) is 5.70. The van der Waals surface area contributed by atoms with Gasteiger partial charge in [0.2, 0.25) is 0 Å². The van der Waals surface area contributed by atoms with Crippen molar-refractivity contribution in [2.45, 2.75) is 32.2 Å². The van der Waals surface area contributed by atoms with Gasteiger partial charge in [0.1, 0.15) is 6.10 Å². The molecule has 0 aliphatic rings. The molecule has 3 heteroatoms. The highest BCUT2D eigenvalue weighted by Gasteiger charge is 2.09. The summed E-state index contributed by atoms with van der Waals surface area (Å²) in [6, 6.07) is 0. The minimum atomic E-state index is -1.13. The van der Waals surface area contributed by atoms with Crippen LogP contribution in [0.25, 0.3) is 0 Å². The lowest BCUT2D eigenvalue weighted by Gasteiger charge is -2.13. The maximum absolute atomic E-state index is 8.82. The summed E-state index contributed by atoms with van der Waals surface area (Å²) in [4.78, 5) is 0. The van der Waals surface area contributed by atoms with Crippen LogP contribution in [0.3, 0.4) is 0 Å². The smallest absolute Gasteiger partial charge is 0.180 e. The second kappa shape index (κ2) is 5.65. The molecule has 2 atom stereocenters. The molecule has 0 saturated carbocycles. The van der Waals surface area contributed by atoms with E-state index < -0.39 is 12.4 Å². The Bertz CT molecular complexity index is 73.3. The third-order valence-electron chi connectivity index (χ3n) is 1.12. The maximum Gasteiger partial charge on any atom is 0.180 e. The van der Waals surface area contributed by atoms with Gasteiger partial charge in [-0.15, -0.1) is 0 Å². The van der Waals surface area contributed by atoms with Gasteiger partial charge in [-0.1, -0.05) is 13.3 Å². The first-order chi connectivity index (χ1) is 4.68. The summed E-state index contributed by atoms with van der Waals surface area (Å²) in [7, 11) is 0. The lowest BCUT2D eigenvalue weighted by Crippen LogP contribution is -2.26. The van der Waals surface area contributed by atoms with Gasteiger partial charge in [-0.05, 0) is 13.3 Å². The average molecular weight is 147 g/mol. The van der Waals surface area contributed by atoms with E-state index >= 15 is 0 Å². The van der Waals surface area contributed by atoms with Gasteiger partial charge in [0.25, 0.3) is 0 Å². The molecule has 0 aliphatic heterocycles. The molecule has 0 bridgehead atoms.